The van der Waals surface area contributed by atoms with Gasteiger partial charge in [-0.1, -0.05) is 6.07 Å². The lowest BCUT2D eigenvalue weighted by Gasteiger charge is -2.12. The monoisotopic (exact) mass is 201 g/mol. The summed E-state index contributed by atoms with van der Waals surface area (Å²) in [5, 5.41) is 0. The first-order chi connectivity index (χ1) is 7.43. The Hall–Kier alpha value is -1.35. The maximum absolute atomic E-state index is 4.48. The Balaban J connectivity index is 1.90. The lowest BCUT2D eigenvalue weighted by Crippen LogP contribution is -2.18. The van der Waals surface area contributed by atoms with E-state index in [2.05, 4.69) is 32.6 Å². The molecule has 0 amide bonds. The molecule has 0 unspecified atom stereocenters. The van der Waals surface area contributed by atoms with E-state index in [1.54, 1.807) is 0 Å². The quantitative estimate of drug-likeness (QED) is 0.740. The van der Waals surface area contributed by atoms with Crippen molar-refractivity contribution in [2.45, 2.75) is 19.4 Å². The number of pyridine rings is 1. The van der Waals surface area contributed by atoms with E-state index in [0.717, 1.165) is 6.54 Å². The molecular formula is C12H15N3. The van der Waals surface area contributed by atoms with Gasteiger partial charge in [-0.2, -0.15) is 0 Å². The molecule has 3 heterocycles. The second-order valence-electron chi connectivity index (χ2n) is 4.17. The summed E-state index contributed by atoms with van der Waals surface area (Å²) < 4.78 is 2.09. The molecule has 0 aliphatic carbocycles. The summed E-state index contributed by atoms with van der Waals surface area (Å²) in [6.45, 7) is 3.46. The molecule has 0 radical (unpaired) electrons. The van der Waals surface area contributed by atoms with Crippen LogP contribution < -0.4 is 0 Å². The van der Waals surface area contributed by atoms with Crippen molar-refractivity contribution < 1.29 is 0 Å². The highest BCUT2D eigenvalue weighted by molar-refractivity contribution is 5.51. The van der Waals surface area contributed by atoms with E-state index in [9.17, 15) is 0 Å². The molecule has 0 spiro atoms. The van der Waals surface area contributed by atoms with E-state index in [4.69, 9.17) is 0 Å². The standard InChI is InChI=1S/C12H15N3/c1-2-8-15-10-13-11(12(15)5-1)9-14-6-3-4-7-14/h1-2,5,8,10H,3-4,6-7,9H2. The molecule has 0 bridgehead atoms. The van der Waals surface area contributed by atoms with E-state index in [0.29, 0.717) is 0 Å². The fourth-order valence-corrected chi connectivity index (χ4v) is 2.27. The van der Waals surface area contributed by atoms with E-state index in [1.807, 2.05) is 12.4 Å². The number of imidazole rings is 1. The molecule has 0 aromatic carbocycles. The molecule has 1 fully saturated rings. The summed E-state index contributed by atoms with van der Waals surface area (Å²) in [7, 11) is 0. The van der Waals surface area contributed by atoms with Crippen molar-refractivity contribution in [1.82, 2.24) is 14.3 Å². The third kappa shape index (κ3) is 1.63. The molecule has 3 nitrogen and oxygen atoms in total. The highest BCUT2D eigenvalue weighted by Gasteiger charge is 2.14. The maximum atomic E-state index is 4.48. The Morgan fingerprint density at radius 3 is 2.93 bits per heavy atom. The number of nitrogens with zero attached hydrogens (tertiary/aromatic N) is 3. The average molecular weight is 201 g/mol. The summed E-state index contributed by atoms with van der Waals surface area (Å²) >= 11 is 0. The Morgan fingerprint density at radius 2 is 2.07 bits per heavy atom. The summed E-state index contributed by atoms with van der Waals surface area (Å²) in [5.74, 6) is 0. The maximum Gasteiger partial charge on any atom is 0.0996 e. The highest BCUT2D eigenvalue weighted by Crippen LogP contribution is 2.15. The zero-order valence-electron chi connectivity index (χ0n) is 8.76. The van der Waals surface area contributed by atoms with Crippen molar-refractivity contribution >= 4 is 5.52 Å². The molecule has 2 aromatic heterocycles. The minimum absolute atomic E-state index is 1.00. The topological polar surface area (TPSA) is 20.5 Å². The van der Waals surface area contributed by atoms with Crippen LogP contribution in [0.15, 0.2) is 30.7 Å². The third-order valence-corrected chi connectivity index (χ3v) is 3.10. The van der Waals surface area contributed by atoms with Gasteiger partial charge in [0.25, 0.3) is 0 Å². The van der Waals surface area contributed by atoms with Crippen molar-refractivity contribution in [3.63, 3.8) is 0 Å². The van der Waals surface area contributed by atoms with Gasteiger partial charge >= 0.3 is 0 Å². The predicted molar refractivity (Wildman–Crippen MR) is 59.7 cm³/mol. The fourth-order valence-electron chi connectivity index (χ4n) is 2.27. The number of fused-ring (bicyclic) bond motifs is 1. The number of likely N-dealkylation sites (tertiary alicyclic amines) is 1. The Bertz CT molecular complexity index is 455. The van der Waals surface area contributed by atoms with E-state index >= 15 is 0 Å². The first-order valence-corrected chi connectivity index (χ1v) is 5.56. The van der Waals surface area contributed by atoms with Gasteiger partial charge < -0.3 is 4.40 Å². The van der Waals surface area contributed by atoms with Gasteiger partial charge in [-0.05, 0) is 38.1 Å². The molecule has 2 aromatic rings. The van der Waals surface area contributed by atoms with Crippen LogP contribution in [0.25, 0.3) is 5.52 Å². The number of hydrogen-bond acceptors (Lipinski definition) is 2. The minimum Gasteiger partial charge on any atom is -0.306 e. The van der Waals surface area contributed by atoms with Crippen molar-refractivity contribution in [2.75, 3.05) is 13.1 Å². The average Bonchev–Trinajstić information content (AvgIpc) is 2.89. The second kappa shape index (κ2) is 3.66. The van der Waals surface area contributed by atoms with Crippen LogP contribution >= 0.6 is 0 Å². The van der Waals surface area contributed by atoms with Gasteiger partial charge in [-0.15, -0.1) is 0 Å². The Labute approximate surface area is 89.3 Å². The molecule has 1 aliphatic rings. The van der Waals surface area contributed by atoms with Gasteiger partial charge in [0.1, 0.15) is 0 Å². The molecule has 1 saturated heterocycles. The number of aromatic nitrogens is 2. The van der Waals surface area contributed by atoms with Gasteiger partial charge in [0.15, 0.2) is 0 Å². The number of rotatable bonds is 2. The predicted octanol–water partition coefficient (Wildman–Crippen LogP) is 1.93. The van der Waals surface area contributed by atoms with Crippen molar-refractivity contribution in [2.24, 2.45) is 0 Å². The zero-order valence-corrected chi connectivity index (χ0v) is 8.76. The van der Waals surface area contributed by atoms with Crippen LogP contribution in [-0.4, -0.2) is 27.4 Å². The fraction of sp³-hybridized carbons (Fsp3) is 0.417. The van der Waals surface area contributed by atoms with Crippen molar-refractivity contribution in [3.8, 4) is 0 Å². The number of hydrogen-bond donors (Lipinski definition) is 0. The van der Waals surface area contributed by atoms with Gasteiger partial charge in [-0.25, -0.2) is 4.98 Å². The zero-order chi connectivity index (χ0) is 10.1. The first kappa shape index (κ1) is 8.92. The van der Waals surface area contributed by atoms with Crippen molar-refractivity contribution in [1.29, 1.82) is 0 Å². The van der Waals surface area contributed by atoms with Crippen LogP contribution in [0.5, 0.6) is 0 Å². The van der Waals surface area contributed by atoms with E-state index in [1.165, 1.54) is 37.1 Å². The Kier molecular flexibility index (Phi) is 2.18. The lowest BCUT2D eigenvalue weighted by atomic mass is 10.3. The summed E-state index contributed by atoms with van der Waals surface area (Å²) in [4.78, 5) is 6.96. The van der Waals surface area contributed by atoms with Gasteiger partial charge in [0.2, 0.25) is 0 Å². The van der Waals surface area contributed by atoms with Crippen LogP contribution in [-0.2, 0) is 6.54 Å². The van der Waals surface area contributed by atoms with Crippen molar-refractivity contribution in [3.05, 3.63) is 36.4 Å². The smallest absolute Gasteiger partial charge is 0.0996 e. The van der Waals surface area contributed by atoms with E-state index < -0.39 is 0 Å². The summed E-state index contributed by atoms with van der Waals surface area (Å²) in [6.07, 6.45) is 6.63. The van der Waals surface area contributed by atoms with Crippen LogP contribution in [0.4, 0.5) is 0 Å². The summed E-state index contributed by atoms with van der Waals surface area (Å²) in [6, 6.07) is 6.25. The van der Waals surface area contributed by atoms with Gasteiger partial charge in [0.05, 0.1) is 17.5 Å². The molecule has 78 valence electrons. The molecule has 0 N–H and O–H groups in total. The first-order valence-electron chi connectivity index (χ1n) is 5.56. The normalized spacial score (nSPS) is 17.6. The molecule has 0 atom stereocenters. The minimum atomic E-state index is 1.00. The van der Waals surface area contributed by atoms with Gasteiger partial charge in [0, 0.05) is 12.7 Å². The van der Waals surface area contributed by atoms with Crippen LogP contribution in [0, 0.1) is 0 Å². The van der Waals surface area contributed by atoms with E-state index in [-0.39, 0.29) is 0 Å². The molecular weight excluding hydrogens is 186 g/mol. The van der Waals surface area contributed by atoms with Crippen LogP contribution in [0.3, 0.4) is 0 Å². The molecule has 3 heteroatoms. The molecule has 0 saturated carbocycles. The molecule has 15 heavy (non-hydrogen) atoms. The SMILES string of the molecule is c1ccn2cnc(CN3CCCC3)c2c1. The molecule has 1 aliphatic heterocycles. The lowest BCUT2D eigenvalue weighted by molar-refractivity contribution is 0.329. The third-order valence-electron chi connectivity index (χ3n) is 3.10. The largest absolute Gasteiger partial charge is 0.306 e. The van der Waals surface area contributed by atoms with Crippen LogP contribution in [0.1, 0.15) is 18.5 Å². The Morgan fingerprint density at radius 1 is 1.20 bits per heavy atom. The summed E-state index contributed by atoms with van der Waals surface area (Å²) in [5.41, 5.74) is 2.45. The highest BCUT2D eigenvalue weighted by atomic mass is 15.2. The van der Waals surface area contributed by atoms with Gasteiger partial charge in [-0.3, -0.25) is 4.90 Å². The second-order valence-corrected chi connectivity index (χ2v) is 4.17. The van der Waals surface area contributed by atoms with Crippen LogP contribution in [0.2, 0.25) is 0 Å². The molecule has 3 rings (SSSR count).